The molecule has 0 saturated carbocycles. The molecule has 1 aliphatic heterocycles. The number of morpholine rings is 1. The molecule has 1 fully saturated rings. The number of amides is 1. The minimum atomic E-state index is -0.283. The molecule has 3 aromatic rings. The van der Waals surface area contributed by atoms with E-state index in [9.17, 15) is 9.18 Å². The van der Waals surface area contributed by atoms with Crippen molar-refractivity contribution in [2.24, 2.45) is 0 Å². The van der Waals surface area contributed by atoms with Crippen LogP contribution in [0.2, 0.25) is 0 Å². The lowest BCUT2D eigenvalue weighted by molar-refractivity contribution is 0.0374. The summed E-state index contributed by atoms with van der Waals surface area (Å²) in [6, 6.07) is 9.75. The summed E-state index contributed by atoms with van der Waals surface area (Å²) in [7, 11) is 1.55. The van der Waals surface area contributed by atoms with Crippen LogP contribution in [0.5, 0.6) is 5.75 Å². The topological polar surface area (TPSA) is 79.5 Å². The molecule has 0 unspecified atom stereocenters. The second-order valence-corrected chi connectivity index (χ2v) is 7.63. The summed E-state index contributed by atoms with van der Waals surface area (Å²) < 4.78 is 24.1. The predicted octanol–water partition coefficient (Wildman–Crippen LogP) is 3.33. The summed E-state index contributed by atoms with van der Waals surface area (Å²) in [5.41, 5.74) is 2.72. The van der Waals surface area contributed by atoms with Gasteiger partial charge in [0.25, 0.3) is 5.91 Å². The molecule has 2 aromatic carbocycles. The maximum absolute atomic E-state index is 13.1. The number of aromatic amines is 1. The fourth-order valence-corrected chi connectivity index (χ4v) is 3.79. The first-order valence-electron chi connectivity index (χ1n) is 10.7. The fourth-order valence-electron chi connectivity index (χ4n) is 3.79. The number of carbonyl (C=O) groups is 1. The van der Waals surface area contributed by atoms with E-state index in [1.807, 2.05) is 18.2 Å². The molecule has 168 valence electrons. The van der Waals surface area contributed by atoms with Crippen LogP contribution in [0, 0.1) is 5.82 Å². The van der Waals surface area contributed by atoms with Crippen molar-refractivity contribution in [3.8, 4) is 5.75 Å². The van der Waals surface area contributed by atoms with Crippen molar-refractivity contribution in [2.45, 2.75) is 6.42 Å². The summed E-state index contributed by atoms with van der Waals surface area (Å²) in [6.45, 7) is 4.93. The Bertz CT molecular complexity index is 1090. The number of halogens is 1. The van der Waals surface area contributed by atoms with Crippen LogP contribution in [0.15, 0.2) is 36.4 Å². The van der Waals surface area contributed by atoms with Crippen LogP contribution in [0.25, 0.3) is 23.1 Å². The Morgan fingerprint density at radius 1 is 1.22 bits per heavy atom. The summed E-state index contributed by atoms with van der Waals surface area (Å²) in [5.74, 6) is 0.00992. The summed E-state index contributed by atoms with van der Waals surface area (Å²) in [4.78, 5) is 15.2. The number of nitrogens with one attached hydrogen (secondary N) is 2. The zero-order valence-corrected chi connectivity index (χ0v) is 18.1. The first-order valence-corrected chi connectivity index (χ1v) is 10.7. The normalized spacial score (nSPS) is 14.8. The molecule has 1 aliphatic rings. The molecule has 0 spiro atoms. The number of ether oxygens (including phenoxy) is 2. The van der Waals surface area contributed by atoms with Gasteiger partial charge in [0.1, 0.15) is 11.6 Å². The van der Waals surface area contributed by atoms with Gasteiger partial charge in [0.05, 0.1) is 42.5 Å². The van der Waals surface area contributed by atoms with Crippen molar-refractivity contribution >= 4 is 29.0 Å². The molecule has 2 N–H and O–H groups in total. The molecular weight excluding hydrogens is 411 g/mol. The van der Waals surface area contributed by atoms with Gasteiger partial charge in [0.2, 0.25) is 0 Å². The number of aromatic nitrogens is 2. The summed E-state index contributed by atoms with van der Waals surface area (Å²) in [5, 5.41) is 11.0. The van der Waals surface area contributed by atoms with Crippen LogP contribution < -0.4 is 10.1 Å². The van der Waals surface area contributed by atoms with Crippen molar-refractivity contribution < 1.29 is 18.7 Å². The Morgan fingerprint density at radius 3 is 2.75 bits per heavy atom. The highest BCUT2D eigenvalue weighted by Gasteiger charge is 2.19. The van der Waals surface area contributed by atoms with E-state index in [-0.39, 0.29) is 11.7 Å². The van der Waals surface area contributed by atoms with Gasteiger partial charge >= 0.3 is 0 Å². The van der Waals surface area contributed by atoms with Crippen molar-refractivity contribution in [2.75, 3.05) is 46.5 Å². The Kier molecular flexibility index (Phi) is 7.14. The van der Waals surface area contributed by atoms with Gasteiger partial charge in [-0.25, -0.2) is 4.39 Å². The molecule has 8 heteroatoms. The monoisotopic (exact) mass is 438 g/mol. The highest BCUT2D eigenvalue weighted by Crippen LogP contribution is 2.32. The quantitative estimate of drug-likeness (QED) is 0.528. The maximum atomic E-state index is 13.1. The molecular formula is C24H27FN4O3. The number of hydrogen-bond acceptors (Lipinski definition) is 5. The van der Waals surface area contributed by atoms with Crippen LogP contribution in [0.4, 0.5) is 4.39 Å². The van der Waals surface area contributed by atoms with Crippen molar-refractivity contribution in [3.63, 3.8) is 0 Å². The van der Waals surface area contributed by atoms with Crippen LogP contribution in [-0.4, -0.2) is 67.5 Å². The van der Waals surface area contributed by atoms with Gasteiger partial charge in [0, 0.05) is 19.6 Å². The van der Waals surface area contributed by atoms with Crippen LogP contribution in [0.1, 0.15) is 28.0 Å². The summed E-state index contributed by atoms with van der Waals surface area (Å²) in [6.07, 6.45) is 4.53. The molecule has 32 heavy (non-hydrogen) atoms. The van der Waals surface area contributed by atoms with E-state index in [2.05, 4.69) is 20.4 Å². The standard InChI is InChI=1S/C24H27FN4O3/c1-31-23-19(24(30)26-11-2-12-29-13-15-32-16-14-29)8-10-21-22(23)20(27-28-21)9-5-17-3-6-18(25)7-4-17/h3-10H,2,11-16H2,1H3,(H,26,30)(H,27,28)/b9-5+. The van der Waals surface area contributed by atoms with Gasteiger partial charge in [-0.3, -0.25) is 14.8 Å². The number of benzene rings is 2. The molecule has 0 bridgehead atoms. The number of fused-ring (bicyclic) bond motifs is 1. The Morgan fingerprint density at radius 2 is 2.00 bits per heavy atom. The number of methoxy groups -OCH3 is 1. The largest absolute Gasteiger partial charge is 0.495 e. The van der Waals surface area contributed by atoms with Crippen molar-refractivity contribution in [1.82, 2.24) is 20.4 Å². The number of carbonyl (C=O) groups excluding carboxylic acids is 1. The molecule has 0 atom stereocenters. The fraction of sp³-hybridized carbons (Fsp3) is 0.333. The van der Waals surface area contributed by atoms with Crippen molar-refractivity contribution in [3.05, 3.63) is 59.0 Å². The Labute approximate surface area is 186 Å². The van der Waals surface area contributed by atoms with Crippen LogP contribution >= 0.6 is 0 Å². The van der Waals surface area contributed by atoms with Crippen LogP contribution in [0.3, 0.4) is 0 Å². The van der Waals surface area contributed by atoms with Gasteiger partial charge in [-0.2, -0.15) is 5.10 Å². The average Bonchev–Trinajstić information content (AvgIpc) is 3.24. The van der Waals surface area contributed by atoms with Crippen LogP contribution in [-0.2, 0) is 4.74 Å². The second kappa shape index (κ2) is 10.4. The molecule has 0 radical (unpaired) electrons. The van der Waals surface area contributed by atoms with E-state index in [0.29, 0.717) is 23.6 Å². The number of hydrogen-bond donors (Lipinski definition) is 2. The highest BCUT2D eigenvalue weighted by atomic mass is 19.1. The molecule has 0 aliphatic carbocycles. The third kappa shape index (κ3) is 5.15. The zero-order chi connectivity index (χ0) is 22.3. The smallest absolute Gasteiger partial charge is 0.255 e. The highest BCUT2D eigenvalue weighted by molar-refractivity contribution is 6.05. The first-order chi connectivity index (χ1) is 15.7. The molecule has 1 amide bonds. The second-order valence-electron chi connectivity index (χ2n) is 7.63. The lowest BCUT2D eigenvalue weighted by atomic mass is 10.1. The van der Waals surface area contributed by atoms with E-state index in [1.165, 1.54) is 12.1 Å². The van der Waals surface area contributed by atoms with E-state index in [1.54, 1.807) is 25.3 Å². The maximum Gasteiger partial charge on any atom is 0.255 e. The molecule has 7 nitrogen and oxygen atoms in total. The van der Waals surface area contributed by atoms with Gasteiger partial charge in [-0.15, -0.1) is 0 Å². The van der Waals surface area contributed by atoms with E-state index in [0.717, 1.165) is 55.7 Å². The third-order valence-electron chi connectivity index (χ3n) is 5.50. The van der Waals surface area contributed by atoms with Gasteiger partial charge < -0.3 is 14.8 Å². The van der Waals surface area contributed by atoms with E-state index >= 15 is 0 Å². The first kappa shape index (κ1) is 22.0. The SMILES string of the molecule is COc1c(C(=O)NCCCN2CCOCC2)ccc2[nH]nc(/C=C/c3ccc(F)cc3)c12. The van der Waals surface area contributed by atoms with Gasteiger partial charge in [0.15, 0.2) is 0 Å². The molecule has 1 aromatic heterocycles. The van der Waals surface area contributed by atoms with E-state index in [4.69, 9.17) is 9.47 Å². The number of rotatable bonds is 8. The Hall–Kier alpha value is -3.23. The molecule has 2 heterocycles. The van der Waals surface area contributed by atoms with Crippen molar-refractivity contribution in [1.29, 1.82) is 0 Å². The summed E-state index contributed by atoms with van der Waals surface area (Å²) >= 11 is 0. The number of nitrogens with zero attached hydrogens (tertiary/aromatic N) is 2. The Balaban J connectivity index is 1.47. The average molecular weight is 439 g/mol. The minimum absolute atomic E-state index is 0.180. The lowest BCUT2D eigenvalue weighted by Gasteiger charge is -2.26. The minimum Gasteiger partial charge on any atom is -0.495 e. The van der Waals surface area contributed by atoms with E-state index < -0.39 is 0 Å². The van der Waals surface area contributed by atoms with Gasteiger partial charge in [-0.1, -0.05) is 18.2 Å². The number of H-pyrrole nitrogens is 1. The molecule has 1 saturated heterocycles. The zero-order valence-electron chi connectivity index (χ0n) is 18.1. The predicted molar refractivity (Wildman–Crippen MR) is 122 cm³/mol. The third-order valence-corrected chi connectivity index (χ3v) is 5.50. The lowest BCUT2D eigenvalue weighted by Crippen LogP contribution is -2.38. The van der Waals surface area contributed by atoms with Gasteiger partial charge in [-0.05, 0) is 48.9 Å². The molecule has 4 rings (SSSR count).